The fourth-order valence-electron chi connectivity index (χ4n) is 3.55. The van der Waals surface area contributed by atoms with Gasteiger partial charge in [0.05, 0.1) is 25.7 Å². The summed E-state index contributed by atoms with van der Waals surface area (Å²) in [5.41, 5.74) is 1.31. The molecule has 3 aromatic rings. The van der Waals surface area contributed by atoms with E-state index in [2.05, 4.69) is 0 Å². The Balaban J connectivity index is 1.45. The number of benzene rings is 3. The molecule has 0 bridgehead atoms. The summed E-state index contributed by atoms with van der Waals surface area (Å²) in [6.45, 7) is 0.369. The number of halogens is 2. The molecule has 1 saturated heterocycles. The molecule has 0 N–H and O–H groups in total. The average molecular weight is 560 g/mol. The van der Waals surface area contributed by atoms with Gasteiger partial charge in [-0.25, -0.2) is 0 Å². The second kappa shape index (κ2) is 12.3. The van der Waals surface area contributed by atoms with Crippen LogP contribution in [-0.4, -0.2) is 43.4 Å². The first-order valence-corrected chi connectivity index (χ1v) is 12.7. The van der Waals surface area contributed by atoms with Crippen LogP contribution >= 0.6 is 35.0 Å². The summed E-state index contributed by atoms with van der Waals surface area (Å²) < 4.78 is 22.3. The highest BCUT2D eigenvalue weighted by atomic mass is 35.5. The normalized spacial score (nSPS) is 14.3. The molecule has 37 heavy (non-hydrogen) atoms. The molecule has 10 heteroatoms. The molecule has 1 fully saturated rings. The molecule has 1 heterocycles. The van der Waals surface area contributed by atoms with E-state index in [4.69, 9.17) is 42.1 Å². The molecule has 4 rings (SSSR count). The number of thioether (sulfide) groups is 1. The molecular formula is C27H23Cl2NO6S. The van der Waals surface area contributed by atoms with Crippen molar-refractivity contribution >= 4 is 52.2 Å². The average Bonchev–Trinajstić information content (AvgIpc) is 3.16. The number of amides is 2. The Kier molecular flexibility index (Phi) is 8.87. The predicted molar refractivity (Wildman–Crippen MR) is 145 cm³/mol. The van der Waals surface area contributed by atoms with Crippen LogP contribution in [0.1, 0.15) is 11.1 Å². The summed E-state index contributed by atoms with van der Waals surface area (Å²) >= 11 is 13.4. The van der Waals surface area contributed by atoms with Crippen LogP contribution in [0.5, 0.6) is 23.0 Å². The van der Waals surface area contributed by atoms with E-state index < -0.39 is 0 Å². The van der Waals surface area contributed by atoms with Crippen LogP contribution in [0.15, 0.2) is 65.6 Å². The number of hydrogen-bond acceptors (Lipinski definition) is 7. The first-order chi connectivity index (χ1) is 17.9. The topological polar surface area (TPSA) is 74.3 Å². The lowest BCUT2D eigenvalue weighted by Crippen LogP contribution is -2.32. The molecule has 0 saturated carbocycles. The van der Waals surface area contributed by atoms with E-state index in [0.717, 1.165) is 16.7 Å². The zero-order valence-corrected chi connectivity index (χ0v) is 22.4. The number of para-hydroxylation sites is 2. The van der Waals surface area contributed by atoms with Crippen LogP contribution in [0.3, 0.4) is 0 Å². The maximum absolute atomic E-state index is 12.9. The third kappa shape index (κ3) is 6.33. The number of ether oxygens (including phenoxy) is 4. The number of rotatable bonds is 10. The van der Waals surface area contributed by atoms with Gasteiger partial charge in [-0.2, -0.15) is 0 Å². The zero-order valence-electron chi connectivity index (χ0n) is 20.0. The number of carbonyl (C=O) groups excluding carboxylic acids is 2. The van der Waals surface area contributed by atoms with Gasteiger partial charge in [-0.3, -0.25) is 14.5 Å². The summed E-state index contributed by atoms with van der Waals surface area (Å²) in [6.07, 6.45) is 1.64. The fraction of sp³-hybridized carbons (Fsp3) is 0.185. The third-order valence-electron chi connectivity index (χ3n) is 5.43. The van der Waals surface area contributed by atoms with E-state index >= 15 is 0 Å². The smallest absolute Gasteiger partial charge is 0.293 e. The van der Waals surface area contributed by atoms with Gasteiger partial charge in [0.1, 0.15) is 13.2 Å². The lowest BCUT2D eigenvalue weighted by Gasteiger charge is -2.14. The van der Waals surface area contributed by atoms with Gasteiger partial charge in [0.2, 0.25) is 0 Å². The fourth-order valence-corrected chi connectivity index (χ4v) is 4.92. The van der Waals surface area contributed by atoms with Crippen molar-refractivity contribution in [3.63, 3.8) is 0 Å². The van der Waals surface area contributed by atoms with Crippen molar-refractivity contribution in [2.45, 2.75) is 6.61 Å². The molecule has 0 atom stereocenters. The van der Waals surface area contributed by atoms with Gasteiger partial charge in [0, 0.05) is 15.6 Å². The molecule has 0 unspecified atom stereocenters. The van der Waals surface area contributed by atoms with E-state index in [1.165, 1.54) is 7.11 Å². The van der Waals surface area contributed by atoms with Gasteiger partial charge in [-0.1, -0.05) is 47.5 Å². The van der Waals surface area contributed by atoms with Gasteiger partial charge in [0.15, 0.2) is 23.0 Å². The minimum absolute atomic E-state index is 0.107. The van der Waals surface area contributed by atoms with Gasteiger partial charge < -0.3 is 18.9 Å². The number of imide groups is 1. The second-order valence-electron chi connectivity index (χ2n) is 7.73. The van der Waals surface area contributed by atoms with Crippen LogP contribution in [0.4, 0.5) is 4.79 Å². The maximum atomic E-state index is 12.9. The molecule has 1 aliphatic heterocycles. The molecule has 0 aromatic heterocycles. The van der Waals surface area contributed by atoms with Crippen LogP contribution in [0, 0.1) is 0 Å². The lowest BCUT2D eigenvalue weighted by atomic mass is 10.1. The van der Waals surface area contributed by atoms with Gasteiger partial charge in [-0.15, -0.1) is 0 Å². The Morgan fingerprint density at radius 3 is 2.22 bits per heavy atom. The van der Waals surface area contributed by atoms with E-state index in [1.54, 1.807) is 61.7 Å². The molecule has 7 nitrogen and oxygen atoms in total. The van der Waals surface area contributed by atoms with Crippen LogP contribution in [0.2, 0.25) is 10.0 Å². The quantitative estimate of drug-likeness (QED) is 0.255. The van der Waals surface area contributed by atoms with Crippen molar-refractivity contribution in [3.05, 3.63) is 86.7 Å². The summed E-state index contributed by atoms with van der Waals surface area (Å²) in [5, 5.41) is 0.621. The first kappa shape index (κ1) is 26.7. The molecular weight excluding hydrogens is 537 g/mol. The largest absolute Gasteiger partial charge is 0.493 e. The minimum Gasteiger partial charge on any atom is -0.493 e. The number of hydrogen-bond donors (Lipinski definition) is 0. The monoisotopic (exact) mass is 559 g/mol. The number of carbonyl (C=O) groups is 2. The predicted octanol–water partition coefficient (Wildman–Crippen LogP) is 6.70. The van der Waals surface area contributed by atoms with Gasteiger partial charge in [-0.05, 0) is 59.8 Å². The summed E-state index contributed by atoms with van der Waals surface area (Å²) in [4.78, 5) is 26.9. The molecule has 2 amide bonds. The Morgan fingerprint density at radius 2 is 1.51 bits per heavy atom. The maximum Gasteiger partial charge on any atom is 0.293 e. The van der Waals surface area contributed by atoms with Crippen molar-refractivity contribution in [3.8, 4) is 23.0 Å². The Hall–Kier alpha value is -3.33. The van der Waals surface area contributed by atoms with E-state index in [-0.39, 0.29) is 30.9 Å². The highest BCUT2D eigenvalue weighted by molar-refractivity contribution is 8.18. The Morgan fingerprint density at radius 1 is 0.838 bits per heavy atom. The van der Waals surface area contributed by atoms with E-state index in [0.29, 0.717) is 49.1 Å². The highest BCUT2D eigenvalue weighted by Crippen LogP contribution is 2.35. The molecule has 1 aliphatic rings. The number of nitrogens with zero attached hydrogens (tertiary/aromatic N) is 1. The molecule has 0 radical (unpaired) electrons. The van der Waals surface area contributed by atoms with Crippen LogP contribution in [-0.2, 0) is 11.4 Å². The summed E-state index contributed by atoms with van der Waals surface area (Å²) in [7, 11) is 3.08. The van der Waals surface area contributed by atoms with Crippen molar-refractivity contribution in [2.24, 2.45) is 0 Å². The van der Waals surface area contributed by atoms with Crippen molar-refractivity contribution in [2.75, 3.05) is 27.4 Å². The number of methoxy groups -OCH3 is 2. The molecule has 0 aliphatic carbocycles. The first-order valence-electron chi connectivity index (χ1n) is 11.2. The lowest BCUT2D eigenvalue weighted by molar-refractivity contribution is -0.123. The van der Waals surface area contributed by atoms with Crippen molar-refractivity contribution < 1.29 is 28.5 Å². The van der Waals surface area contributed by atoms with Gasteiger partial charge in [0.25, 0.3) is 11.1 Å². The molecule has 3 aromatic carbocycles. The third-order valence-corrected chi connectivity index (χ3v) is 7.05. The summed E-state index contributed by atoms with van der Waals surface area (Å²) in [6, 6.07) is 17.6. The minimum atomic E-state index is -0.389. The second-order valence-corrected chi connectivity index (χ2v) is 9.54. The molecule has 0 spiro atoms. The van der Waals surface area contributed by atoms with Crippen molar-refractivity contribution in [1.82, 2.24) is 4.90 Å². The van der Waals surface area contributed by atoms with Crippen LogP contribution < -0.4 is 18.9 Å². The summed E-state index contributed by atoms with van der Waals surface area (Å²) in [5.74, 6) is 1.67. The van der Waals surface area contributed by atoms with E-state index in [9.17, 15) is 9.59 Å². The molecule has 192 valence electrons. The SMILES string of the molecule is COc1ccccc1OCCN1C(=O)S/C(=C\c2ccc(OC)c(OCc3c(Cl)cccc3Cl)c2)C1=O. The van der Waals surface area contributed by atoms with Crippen LogP contribution in [0.25, 0.3) is 6.08 Å². The zero-order chi connectivity index (χ0) is 26.4. The Labute approximate surface area is 228 Å². The van der Waals surface area contributed by atoms with Gasteiger partial charge >= 0.3 is 0 Å². The highest BCUT2D eigenvalue weighted by Gasteiger charge is 2.35. The van der Waals surface area contributed by atoms with Crippen molar-refractivity contribution in [1.29, 1.82) is 0 Å². The Bertz CT molecular complexity index is 1330. The van der Waals surface area contributed by atoms with E-state index in [1.807, 2.05) is 12.1 Å². The standard InChI is InChI=1S/C27H23Cl2NO6S/c1-33-21-8-3-4-9-23(21)35-13-12-30-26(31)25(37-27(30)32)15-17-10-11-22(34-2)24(14-17)36-16-18-19(28)6-5-7-20(18)29/h3-11,14-15H,12-13,16H2,1-2H3/b25-15-.